The lowest BCUT2D eigenvalue weighted by atomic mass is 10.0. The third-order valence-electron chi connectivity index (χ3n) is 7.18. The van der Waals surface area contributed by atoms with Crippen LogP contribution in [0.25, 0.3) is 0 Å². The van der Waals surface area contributed by atoms with E-state index in [9.17, 15) is 0 Å². The second-order valence-electron chi connectivity index (χ2n) is 11.9. The van der Waals surface area contributed by atoms with Crippen molar-refractivity contribution >= 4 is 0 Å². The topological polar surface area (TPSA) is 36.9 Å². The van der Waals surface area contributed by atoms with Crippen LogP contribution in [0.5, 0.6) is 0 Å². The van der Waals surface area contributed by atoms with Crippen molar-refractivity contribution in [2.24, 2.45) is 0 Å². The molecule has 0 fully saturated rings. The van der Waals surface area contributed by atoms with Gasteiger partial charge in [0.2, 0.25) is 0 Å². The molecule has 0 aliphatic heterocycles. The Bertz CT molecular complexity index is 440. The molecule has 0 saturated heterocycles. The zero-order chi connectivity index (χ0) is 27.5. The lowest BCUT2D eigenvalue weighted by molar-refractivity contribution is -0.0821. The predicted octanol–water partition coefficient (Wildman–Crippen LogP) is 10.1. The van der Waals surface area contributed by atoms with E-state index in [-0.39, 0.29) is 17.8 Å². The van der Waals surface area contributed by atoms with Gasteiger partial charge in [0.05, 0.1) is 31.0 Å². The van der Waals surface area contributed by atoms with E-state index >= 15 is 0 Å². The maximum atomic E-state index is 6.16. The first-order valence-electron chi connectivity index (χ1n) is 16.4. The molecule has 0 aromatic rings. The molecule has 37 heavy (non-hydrogen) atoms. The summed E-state index contributed by atoms with van der Waals surface area (Å²) in [4.78, 5) is 0. The Morgan fingerprint density at radius 1 is 0.486 bits per heavy atom. The summed E-state index contributed by atoms with van der Waals surface area (Å²) in [5.41, 5.74) is -0.141. The molecule has 4 heteroatoms. The number of hydrogen-bond acceptors (Lipinski definition) is 4. The van der Waals surface area contributed by atoms with E-state index in [0.717, 1.165) is 32.7 Å². The van der Waals surface area contributed by atoms with Gasteiger partial charge in [-0.3, -0.25) is 0 Å². The van der Waals surface area contributed by atoms with Crippen LogP contribution in [0.4, 0.5) is 0 Å². The van der Waals surface area contributed by atoms with Crippen molar-refractivity contribution in [1.29, 1.82) is 0 Å². The molecular weight excluding hydrogens is 460 g/mol. The van der Waals surface area contributed by atoms with E-state index in [1.807, 2.05) is 0 Å². The highest BCUT2D eigenvalue weighted by molar-refractivity contribution is 4.69. The molecule has 0 bridgehead atoms. The molecule has 0 saturated carbocycles. The lowest BCUT2D eigenvalue weighted by Gasteiger charge is -2.27. The van der Waals surface area contributed by atoms with Gasteiger partial charge >= 0.3 is 0 Å². The molecule has 4 nitrogen and oxygen atoms in total. The van der Waals surface area contributed by atoms with Crippen molar-refractivity contribution < 1.29 is 18.9 Å². The Kier molecular flexibility index (Phi) is 27.3. The Morgan fingerprint density at radius 3 is 1.35 bits per heavy atom. The van der Waals surface area contributed by atoms with Crippen LogP contribution in [0.2, 0.25) is 0 Å². The summed E-state index contributed by atoms with van der Waals surface area (Å²) in [7, 11) is 0. The van der Waals surface area contributed by atoms with Crippen LogP contribution in [0.3, 0.4) is 0 Å². The molecule has 0 rings (SSSR count). The van der Waals surface area contributed by atoms with E-state index in [2.05, 4.69) is 41.5 Å². The van der Waals surface area contributed by atoms with Gasteiger partial charge in [0.1, 0.15) is 0 Å². The van der Waals surface area contributed by atoms with Crippen molar-refractivity contribution in [3.63, 3.8) is 0 Å². The van der Waals surface area contributed by atoms with E-state index in [0.29, 0.717) is 13.2 Å². The molecular formula is C33H68O4. The van der Waals surface area contributed by atoms with E-state index in [4.69, 9.17) is 18.9 Å². The van der Waals surface area contributed by atoms with Crippen LogP contribution >= 0.6 is 0 Å². The summed E-state index contributed by atoms with van der Waals surface area (Å²) < 4.78 is 23.9. The van der Waals surface area contributed by atoms with Crippen LogP contribution in [0.1, 0.15) is 164 Å². The van der Waals surface area contributed by atoms with Crippen LogP contribution in [0.15, 0.2) is 0 Å². The smallest absolute Gasteiger partial charge is 0.0780 e. The second kappa shape index (κ2) is 27.4. The van der Waals surface area contributed by atoms with E-state index < -0.39 is 0 Å². The average molecular weight is 529 g/mol. The highest BCUT2D eigenvalue weighted by atomic mass is 16.5. The SMILES string of the molecule is CCCCCCCCCCCOC(C)COCCCC(C)(C)OCC(C)OCCCCCCCCCC. The normalized spacial score (nSPS) is 13.8. The monoisotopic (exact) mass is 529 g/mol. The zero-order valence-electron chi connectivity index (χ0n) is 26.3. The molecule has 0 aromatic carbocycles. The van der Waals surface area contributed by atoms with E-state index in [1.165, 1.54) is 109 Å². The van der Waals surface area contributed by atoms with Gasteiger partial charge in [-0.25, -0.2) is 0 Å². The lowest BCUT2D eigenvalue weighted by Crippen LogP contribution is -2.30. The number of rotatable bonds is 30. The van der Waals surface area contributed by atoms with Crippen molar-refractivity contribution in [2.75, 3.05) is 33.0 Å². The van der Waals surface area contributed by atoms with Gasteiger partial charge in [0.25, 0.3) is 0 Å². The first-order chi connectivity index (χ1) is 17.9. The number of hydrogen-bond donors (Lipinski definition) is 0. The van der Waals surface area contributed by atoms with Crippen LogP contribution in [-0.4, -0.2) is 50.8 Å². The van der Waals surface area contributed by atoms with Gasteiger partial charge in [-0.15, -0.1) is 0 Å². The quantitative estimate of drug-likeness (QED) is 0.0869. The molecule has 0 spiro atoms. The molecule has 0 heterocycles. The Labute approximate surface area is 233 Å². The molecule has 0 radical (unpaired) electrons. The molecule has 2 atom stereocenters. The fourth-order valence-electron chi connectivity index (χ4n) is 4.58. The standard InChI is InChI=1S/C33H68O4/c1-7-9-11-13-15-17-19-21-22-27-35-31(3)29-34-26-24-25-33(5,6)37-30-32(4)36-28-23-20-18-16-14-12-10-8-2/h31-32H,7-30H2,1-6H3. The largest absolute Gasteiger partial charge is 0.379 e. The van der Waals surface area contributed by atoms with Crippen molar-refractivity contribution in [3.8, 4) is 0 Å². The average Bonchev–Trinajstić information content (AvgIpc) is 2.87. The molecule has 0 aliphatic carbocycles. The Morgan fingerprint density at radius 2 is 0.892 bits per heavy atom. The highest BCUT2D eigenvalue weighted by Gasteiger charge is 2.19. The number of ether oxygens (including phenoxy) is 4. The van der Waals surface area contributed by atoms with Gasteiger partial charge in [-0.05, 0) is 53.4 Å². The maximum Gasteiger partial charge on any atom is 0.0780 e. The summed E-state index contributed by atoms with van der Waals surface area (Å²) >= 11 is 0. The van der Waals surface area contributed by atoms with Crippen LogP contribution in [-0.2, 0) is 18.9 Å². The van der Waals surface area contributed by atoms with Gasteiger partial charge in [0, 0.05) is 19.8 Å². The third-order valence-corrected chi connectivity index (χ3v) is 7.18. The molecule has 0 aliphatic rings. The summed E-state index contributed by atoms with van der Waals surface area (Å²) in [6.45, 7) is 17.0. The van der Waals surface area contributed by atoms with Crippen LogP contribution < -0.4 is 0 Å². The van der Waals surface area contributed by atoms with E-state index in [1.54, 1.807) is 0 Å². The molecule has 2 unspecified atom stereocenters. The zero-order valence-corrected chi connectivity index (χ0v) is 26.3. The minimum absolute atomic E-state index is 0.141. The van der Waals surface area contributed by atoms with Crippen LogP contribution in [0, 0.1) is 0 Å². The fourth-order valence-corrected chi connectivity index (χ4v) is 4.58. The van der Waals surface area contributed by atoms with Gasteiger partial charge in [-0.2, -0.15) is 0 Å². The van der Waals surface area contributed by atoms with Gasteiger partial charge in [0.15, 0.2) is 0 Å². The van der Waals surface area contributed by atoms with Crippen molar-refractivity contribution in [2.45, 2.75) is 181 Å². The fraction of sp³-hybridized carbons (Fsp3) is 1.00. The second-order valence-corrected chi connectivity index (χ2v) is 11.9. The first-order valence-corrected chi connectivity index (χ1v) is 16.4. The first kappa shape index (κ1) is 36.8. The highest BCUT2D eigenvalue weighted by Crippen LogP contribution is 2.18. The summed E-state index contributed by atoms with van der Waals surface area (Å²) in [6.07, 6.45) is 25.2. The van der Waals surface area contributed by atoms with Gasteiger partial charge < -0.3 is 18.9 Å². The van der Waals surface area contributed by atoms with Crippen molar-refractivity contribution in [3.05, 3.63) is 0 Å². The molecule has 0 N–H and O–H groups in total. The third kappa shape index (κ3) is 28.7. The summed E-state index contributed by atoms with van der Waals surface area (Å²) in [5, 5.41) is 0. The Balaban J connectivity index is 3.52. The summed E-state index contributed by atoms with van der Waals surface area (Å²) in [5.74, 6) is 0. The minimum atomic E-state index is -0.141. The van der Waals surface area contributed by atoms with Crippen molar-refractivity contribution in [1.82, 2.24) is 0 Å². The molecule has 0 aromatic heterocycles. The number of unbranched alkanes of at least 4 members (excludes halogenated alkanes) is 15. The van der Waals surface area contributed by atoms with Gasteiger partial charge in [-0.1, -0.05) is 110 Å². The molecule has 224 valence electrons. The molecule has 0 amide bonds. The Hall–Kier alpha value is -0.160. The predicted molar refractivity (Wildman–Crippen MR) is 161 cm³/mol. The minimum Gasteiger partial charge on any atom is -0.379 e. The maximum absolute atomic E-state index is 6.16. The summed E-state index contributed by atoms with van der Waals surface area (Å²) in [6, 6.07) is 0.